The number of hydrogen-bond donors (Lipinski definition) is 2. The van der Waals surface area contributed by atoms with E-state index < -0.39 is 8.60 Å². The van der Waals surface area contributed by atoms with Gasteiger partial charge in [-0.25, -0.2) is 0 Å². The lowest BCUT2D eigenvalue weighted by molar-refractivity contribution is 0.284. The summed E-state index contributed by atoms with van der Waals surface area (Å²) in [7, 11) is -2.25. The van der Waals surface area contributed by atoms with Gasteiger partial charge in [0.1, 0.15) is 35.0 Å². The SMILES string of the molecule is CC[CH+]SC(OP(O)O)S[CH+]CC. The summed E-state index contributed by atoms with van der Waals surface area (Å²) >= 11 is 2.94. The van der Waals surface area contributed by atoms with Crippen molar-refractivity contribution >= 4 is 32.1 Å². The van der Waals surface area contributed by atoms with Crippen molar-refractivity contribution in [3.63, 3.8) is 0 Å². The van der Waals surface area contributed by atoms with Crippen LogP contribution < -0.4 is 0 Å². The molecule has 0 amide bonds. The molecule has 0 heterocycles. The highest BCUT2D eigenvalue weighted by Gasteiger charge is 2.24. The van der Waals surface area contributed by atoms with Crippen LogP contribution in [0.2, 0.25) is 0 Å². The van der Waals surface area contributed by atoms with Gasteiger partial charge in [-0.2, -0.15) is 0 Å². The molecule has 0 aromatic rings. The van der Waals surface area contributed by atoms with Crippen LogP contribution in [-0.4, -0.2) is 14.6 Å². The van der Waals surface area contributed by atoms with Crippen molar-refractivity contribution in [2.24, 2.45) is 0 Å². The molecule has 0 aliphatic rings. The Bertz CT molecular complexity index is 108. The lowest BCUT2D eigenvalue weighted by Gasteiger charge is -2.06. The Morgan fingerprint density at radius 2 is 1.69 bits per heavy atom. The van der Waals surface area contributed by atoms with Crippen LogP contribution in [0.4, 0.5) is 0 Å². The second-order valence-electron chi connectivity index (χ2n) is 2.07. The Kier molecular flexibility index (Phi) is 9.85. The van der Waals surface area contributed by atoms with E-state index in [2.05, 4.69) is 0 Å². The van der Waals surface area contributed by atoms with E-state index in [4.69, 9.17) is 14.3 Å². The monoisotopic (exact) mass is 242 g/mol. The summed E-state index contributed by atoms with van der Waals surface area (Å²) in [6.07, 6.45) is 1.87. The van der Waals surface area contributed by atoms with Crippen LogP contribution in [0.5, 0.6) is 0 Å². The second-order valence-corrected chi connectivity index (χ2v) is 5.15. The normalized spacial score (nSPS) is 10.9. The second kappa shape index (κ2) is 9.31. The lowest BCUT2D eigenvalue weighted by Crippen LogP contribution is -1.99. The van der Waals surface area contributed by atoms with Crippen molar-refractivity contribution < 1.29 is 14.3 Å². The molecule has 0 aliphatic carbocycles. The Labute approximate surface area is 89.6 Å². The van der Waals surface area contributed by atoms with Crippen molar-refractivity contribution in [1.82, 2.24) is 0 Å². The van der Waals surface area contributed by atoms with Crippen molar-refractivity contribution in [1.29, 1.82) is 0 Å². The average molecular weight is 242 g/mol. The highest BCUT2D eigenvalue weighted by atomic mass is 32.2. The van der Waals surface area contributed by atoms with Gasteiger partial charge in [0.2, 0.25) is 4.77 Å². The van der Waals surface area contributed by atoms with Gasteiger partial charge in [0.15, 0.2) is 0 Å². The van der Waals surface area contributed by atoms with Crippen LogP contribution in [-0.2, 0) is 4.52 Å². The van der Waals surface area contributed by atoms with Crippen LogP contribution in [0.1, 0.15) is 26.7 Å². The van der Waals surface area contributed by atoms with E-state index in [1.165, 1.54) is 23.5 Å². The van der Waals surface area contributed by atoms with Gasteiger partial charge >= 0.3 is 8.60 Å². The van der Waals surface area contributed by atoms with Crippen molar-refractivity contribution in [3.05, 3.63) is 11.5 Å². The third kappa shape index (κ3) is 9.06. The molecule has 0 aliphatic heterocycles. The van der Waals surface area contributed by atoms with E-state index >= 15 is 0 Å². The Morgan fingerprint density at radius 3 is 2.00 bits per heavy atom. The number of hydrogen-bond acceptors (Lipinski definition) is 5. The predicted molar refractivity (Wildman–Crippen MR) is 60.6 cm³/mol. The highest BCUT2D eigenvalue weighted by molar-refractivity contribution is 8.18. The largest absolute Gasteiger partial charge is 0.329 e. The minimum Gasteiger partial charge on any atom is -0.328 e. The minimum atomic E-state index is -2.25. The van der Waals surface area contributed by atoms with Crippen LogP contribution in [0.3, 0.4) is 0 Å². The van der Waals surface area contributed by atoms with Gasteiger partial charge in [-0.1, -0.05) is 0 Å². The predicted octanol–water partition coefficient (Wildman–Crippen LogP) is 3.11. The first kappa shape index (κ1) is 13.8. The maximum atomic E-state index is 8.67. The molecule has 0 fully saturated rings. The van der Waals surface area contributed by atoms with Crippen LogP contribution >= 0.6 is 32.1 Å². The molecule has 2 N–H and O–H groups in total. The Hall–Kier alpha value is 0.750. The minimum absolute atomic E-state index is 0.235. The van der Waals surface area contributed by atoms with Crippen molar-refractivity contribution in [3.8, 4) is 0 Å². The molecule has 0 spiro atoms. The summed E-state index contributed by atoms with van der Waals surface area (Å²) < 4.78 is 4.66. The van der Waals surface area contributed by atoms with E-state index in [-0.39, 0.29) is 4.77 Å². The zero-order chi connectivity index (χ0) is 10.1. The first-order valence-electron chi connectivity index (χ1n) is 3.99. The number of rotatable bonds is 8. The topological polar surface area (TPSA) is 49.7 Å². The fourth-order valence-electron chi connectivity index (χ4n) is 0.508. The van der Waals surface area contributed by atoms with Crippen LogP contribution in [0.15, 0.2) is 0 Å². The number of thioether (sulfide) groups is 2. The first-order chi connectivity index (χ1) is 6.20. The zero-order valence-corrected chi connectivity index (χ0v) is 10.2. The van der Waals surface area contributed by atoms with E-state index in [0.29, 0.717) is 0 Å². The molecule has 0 radical (unpaired) electrons. The molecule has 76 valence electrons. The molecule has 0 bridgehead atoms. The van der Waals surface area contributed by atoms with Gasteiger partial charge in [0.05, 0.1) is 12.8 Å². The summed E-state index contributed by atoms with van der Waals surface area (Å²) in [5.41, 5.74) is 0. The molecule has 0 aromatic carbocycles. The smallest absolute Gasteiger partial charge is 0.328 e. The summed E-state index contributed by atoms with van der Waals surface area (Å²) in [5, 5.41) is 0. The molecule has 0 saturated heterocycles. The average Bonchev–Trinajstić information content (AvgIpc) is 2.09. The highest BCUT2D eigenvalue weighted by Crippen LogP contribution is 2.39. The molecular weight excluding hydrogens is 227 g/mol. The molecule has 0 saturated carbocycles. The molecule has 13 heavy (non-hydrogen) atoms. The van der Waals surface area contributed by atoms with E-state index in [0.717, 1.165) is 12.8 Å². The van der Waals surface area contributed by atoms with Gasteiger partial charge in [-0.3, -0.25) is 4.52 Å². The molecule has 0 unspecified atom stereocenters. The fourth-order valence-corrected chi connectivity index (χ4v) is 2.95. The summed E-state index contributed by atoms with van der Waals surface area (Å²) in [5.74, 6) is 3.97. The fraction of sp³-hybridized carbons (Fsp3) is 0.714. The maximum Gasteiger partial charge on any atom is 0.329 e. The van der Waals surface area contributed by atoms with E-state index in [1.54, 1.807) is 0 Å². The molecule has 6 heteroatoms. The molecular formula is C7H15O3PS2+2. The van der Waals surface area contributed by atoms with Gasteiger partial charge in [-0.15, -0.1) is 0 Å². The Morgan fingerprint density at radius 1 is 1.23 bits per heavy atom. The molecule has 3 nitrogen and oxygen atoms in total. The van der Waals surface area contributed by atoms with Crippen molar-refractivity contribution in [2.45, 2.75) is 31.5 Å². The van der Waals surface area contributed by atoms with Crippen LogP contribution in [0.25, 0.3) is 0 Å². The van der Waals surface area contributed by atoms with Crippen LogP contribution in [0, 0.1) is 11.5 Å². The summed E-state index contributed by atoms with van der Waals surface area (Å²) in [4.78, 5) is 17.3. The van der Waals surface area contributed by atoms with E-state index in [9.17, 15) is 0 Å². The molecule has 0 atom stereocenters. The molecule has 0 rings (SSSR count). The van der Waals surface area contributed by atoms with Gasteiger partial charge in [0.25, 0.3) is 0 Å². The standard InChI is InChI=1S/C7H15O3PS2/c1-3-5-12-7(10-11(8)9)13-6-4-2/h5-9H,3-4H2,1-2H3/q+2. The third-order valence-corrected chi connectivity index (χ3v) is 3.97. The van der Waals surface area contributed by atoms with E-state index in [1.807, 2.05) is 25.4 Å². The van der Waals surface area contributed by atoms with Gasteiger partial charge in [0, 0.05) is 0 Å². The van der Waals surface area contributed by atoms with Gasteiger partial charge in [-0.05, 0) is 13.8 Å². The first-order valence-corrected chi connectivity index (χ1v) is 7.04. The van der Waals surface area contributed by atoms with Gasteiger partial charge < -0.3 is 9.79 Å². The lowest BCUT2D eigenvalue weighted by atomic mass is 10.6. The zero-order valence-electron chi connectivity index (χ0n) is 7.71. The summed E-state index contributed by atoms with van der Waals surface area (Å²) in [6, 6.07) is 0. The summed E-state index contributed by atoms with van der Waals surface area (Å²) in [6.45, 7) is 4.05. The quantitative estimate of drug-likeness (QED) is 0.389. The Balaban J connectivity index is 3.60. The van der Waals surface area contributed by atoms with Crippen molar-refractivity contribution in [2.75, 3.05) is 0 Å². The third-order valence-electron chi connectivity index (χ3n) is 0.928. The maximum absolute atomic E-state index is 8.67. The molecule has 0 aromatic heterocycles.